The molecule has 7 heteroatoms. The van der Waals surface area contributed by atoms with Gasteiger partial charge < -0.3 is 19.1 Å². The lowest BCUT2D eigenvalue weighted by atomic mass is 9.97. The van der Waals surface area contributed by atoms with E-state index in [9.17, 15) is 9.59 Å². The Morgan fingerprint density at radius 2 is 2.12 bits per heavy atom. The van der Waals surface area contributed by atoms with Crippen LogP contribution in [0.15, 0.2) is 12.1 Å². The molecule has 0 saturated carbocycles. The van der Waals surface area contributed by atoms with E-state index < -0.39 is 0 Å². The van der Waals surface area contributed by atoms with E-state index in [0.717, 1.165) is 18.4 Å². The summed E-state index contributed by atoms with van der Waals surface area (Å²) in [6, 6.07) is 3.53. The van der Waals surface area contributed by atoms with E-state index in [1.165, 1.54) is 0 Å². The predicted molar refractivity (Wildman–Crippen MR) is 92.1 cm³/mol. The Kier molecular flexibility index (Phi) is 5.68. The molecule has 0 spiro atoms. The molecule has 1 aromatic rings. The Labute approximate surface area is 152 Å². The molecule has 2 aliphatic heterocycles. The second kappa shape index (κ2) is 7.95. The van der Waals surface area contributed by atoms with Crippen molar-refractivity contribution >= 4 is 23.5 Å². The number of esters is 1. The summed E-state index contributed by atoms with van der Waals surface area (Å²) in [6.45, 7) is 4.15. The van der Waals surface area contributed by atoms with Crippen LogP contribution >= 0.6 is 11.6 Å². The van der Waals surface area contributed by atoms with Crippen molar-refractivity contribution in [2.24, 2.45) is 5.92 Å². The molecule has 136 valence electrons. The lowest BCUT2D eigenvalue weighted by Gasteiger charge is -2.31. The fourth-order valence-corrected chi connectivity index (χ4v) is 3.50. The first-order valence-corrected chi connectivity index (χ1v) is 8.98. The topological polar surface area (TPSA) is 65.1 Å². The van der Waals surface area contributed by atoms with Crippen LogP contribution in [0.25, 0.3) is 0 Å². The highest BCUT2D eigenvalue weighted by molar-refractivity contribution is 6.32. The SMILES string of the molecule is CCOC(=O)[C@@H]1CCCN(C(=O)Cc2cc(Cl)c3c(c2)OCCO3)C1. The number of rotatable bonds is 4. The summed E-state index contributed by atoms with van der Waals surface area (Å²) < 4.78 is 16.1. The molecule has 1 fully saturated rings. The number of hydrogen-bond acceptors (Lipinski definition) is 5. The summed E-state index contributed by atoms with van der Waals surface area (Å²) in [6.07, 6.45) is 1.78. The molecule has 2 aliphatic rings. The molecular formula is C18H22ClNO5. The second-order valence-corrected chi connectivity index (χ2v) is 6.62. The normalized spacial score (nSPS) is 19.4. The lowest BCUT2D eigenvalue weighted by Crippen LogP contribution is -2.43. The lowest BCUT2D eigenvalue weighted by molar-refractivity contribution is -0.151. The van der Waals surface area contributed by atoms with Crippen LogP contribution in [-0.4, -0.2) is 49.7 Å². The third-order valence-corrected chi connectivity index (χ3v) is 4.69. The minimum absolute atomic E-state index is 0.0262. The van der Waals surface area contributed by atoms with E-state index in [1.807, 2.05) is 0 Å². The molecule has 25 heavy (non-hydrogen) atoms. The molecule has 1 aromatic carbocycles. The highest BCUT2D eigenvalue weighted by atomic mass is 35.5. The third kappa shape index (κ3) is 4.18. The van der Waals surface area contributed by atoms with Gasteiger partial charge in [-0.25, -0.2) is 0 Å². The molecule has 6 nitrogen and oxygen atoms in total. The van der Waals surface area contributed by atoms with Gasteiger partial charge in [-0.3, -0.25) is 9.59 Å². The van der Waals surface area contributed by atoms with Gasteiger partial charge >= 0.3 is 5.97 Å². The number of likely N-dealkylation sites (tertiary alicyclic amines) is 1. The van der Waals surface area contributed by atoms with E-state index in [4.69, 9.17) is 25.8 Å². The number of benzene rings is 1. The van der Waals surface area contributed by atoms with Crippen molar-refractivity contribution in [2.45, 2.75) is 26.2 Å². The molecule has 0 radical (unpaired) electrons. The minimum Gasteiger partial charge on any atom is -0.486 e. The highest BCUT2D eigenvalue weighted by Gasteiger charge is 2.29. The van der Waals surface area contributed by atoms with Crippen LogP contribution in [0, 0.1) is 5.92 Å². The van der Waals surface area contributed by atoms with Gasteiger partial charge in [0.05, 0.1) is 24.0 Å². The molecule has 0 aromatic heterocycles. The molecule has 3 rings (SSSR count). The fourth-order valence-electron chi connectivity index (χ4n) is 3.21. The fraction of sp³-hybridized carbons (Fsp3) is 0.556. The number of piperidine rings is 1. The Hall–Kier alpha value is -1.95. The van der Waals surface area contributed by atoms with Crippen molar-refractivity contribution in [2.75, 3.05) is 32.9 Å². The van der Waals surface area contributed by atoms with Crippen LogP contribution in [0.4, 0.5) is 0 Å². The third-order valence-electron chi connectivity index (χ3n) is 4.41. The summed E-state index contributed by atoms with van der Waals surface area (Å²) in [5.41, 5.74) is 0.775. The average Bonchev–Trinajstić information content (AvgIpc) is 2.62. The van der Waals surface area contributed by atoms with Crippen LogP contribution in [0.5, 0.6) is 11.5 Å². The van der Waals surface area contributed by atoms with Gasteiger partial charge in [0.1, 0.15) is 13.2 Å². The summed E-state index contributed by atoms with van der Waals surface area (Å²) in [5.74, 6) is 0.625. The number of ether oxygens (including phenoxy) is 3. The van der Waals surface area contributed by atoms with Gasteiger partial charge in [0.25, 0.3) is 0 Å². The van der Waals surface area contributed by atoms with Crippen molar-refractivity contribution in [3.05, 3.63) is 22.7 Å². The van der Waals surface area contributed by atoms with E-state index in [2.05, 4.69) is 0 Å². The maximum absolute atomic E-state index is 12.6. The van der Waals surface area contributed by atoms with Crippen molar-refractivity contribution < 1.29 is 23.8 Å². The summed E-state index contributed by atoms with van der Waals surface area (Å²) in [5, 5.41) is 0.447. The van der Waals surface area contributed by atoms with Crippen molar-refractivity contribution in [1.82, 2.24) is 4.90 Å². The Bertz CT molecular complexity index is 663. The van der Waals surface area contributed by atoms with Crippen LogP contribution in [-0.2, 0) is 20.7 Å². The zero-order valence-electron chi connectivity index (χ0n) is 14.3. The maximum Gasteiger partial charge on any atom is 0.310 e. The zero-order chi connectivity index (χ0) is 17.8. The van der Waals surface area contributed by atoms with Crippen LogP contribution in [0.2, 0.25) is 5.02 Å². The van der Waals surface area contributed by atoms with Crippen LogP contribution < -0.4 is 9.47 Å². The van der Waals surface area contributed by atoms with Gasteiger partial charge in [-0.15, -0.1) is 0 Å². The zero-order valence-corrected chi connectivity index (χ0v) is 15.0. The van der Waals surface area contributed by atoms with E-state index in [-0.39, 0.29) is 24.2 Å². The van der Waals surface area contributed by atoms with Gasteiger partial charge in [0.2, 0.25) is 5.91 Å². The minimum atomic E-state index is -0.235. The van der Waals surface area contributed by atoms with E-state index >= 15 is 0 Å². The largest absolute Gasteiger partial charge is 0.486 e. The number of carbonyl (C=O) groups is 2. The average molecular weight is 368 g/mol. The Morgan fingerprint density at radius 1 is 1.32 bits per heavy atom. The first-order valence-electron chi connectivity index (χ1n) is 8.61. The first-order chi connectivity index (χ1) is 12.1. The van der Waals surface area contributed by atoms with E-state index in [0.29, 0.717) is 49.4 Å². The summed E-state index contributed by atoms with van der Waals surface area (Å²) in [4.78, 5) is 26.3. The van der Waals surface area contributed by atoms with Gasteiger partial charge in [-0.05, 0) is 37.5 Å². The number of hydrogen-bond donors (Lipinski definition) is 0. The number of fused-ring (bicyclic) bond motifs is 1. The Morgan fingerprint density at radius 3 is 2.92 bits per heavy atom. The number of amides is 1. The Balaban J connectivity index is 1.65. The highest BCUT2D eigenvalue weighted by Crippen LogP contribution is 2.38. The molecule has 0 unspecified atom stereocenters. The van der Waals surface area contributed by atoms with Crippen molar-refractivity contribution in [3.8, 4) is 11.5 Å². The molecule has 2 heterocycles. The molecule has 1 amide bonds. The molecule has 1 atom stereocenters. The van der Waals surface area contributed by atoms with Gasteiger partial charge in [-0.2, -0.15) is 0 Å². The van der Waals surface area contributed by atoms with Gasteiger partial charge in [0.15, 0.2) is 11.5 Å². The first kappa shape index (κ1) is 17.9. The standard InChI is InChI=1S/C18H22ClNO5/c1-2-23-18(22)13-4-3-5-20(11-13)16(21)10-12-8-14(19)17-15(9-12)24-6-7-25-17/h8-9,13H,2-7,10-11H2,1H3/t13-/m1/s1. The van der Waals surface area contributed by atoms with Crippen LogP contribution in [0.1, 0.15) is 25.3 Å². The number of carbonyl (C=O) groups excluding carboxylic acids is 2. The second-order valence-electron chi connectivity index (χ2n) is 6.21. The molecule has 0 N–H and O–H groups in total. The number of nitrogens with zero attached hydrogens (tertiary/aromatic N) is 1. The summed E-state index contributed by atoms with van der Waals surface area (Å²) >= 11 is 6.22. The van der Waals surface area contributed by atoms with E-state index in [1.54, 1.807) is 24.0 Å². The smallest absolute Gasteiger partial charge is 0.310 e. The van der Waals surface area contributed by atoms with Crippen LogP contribution in [0.3, 0.4) is 0 Å². The molecule has 0 bridgehead atoms. The molecule has 1 saturated heterocycles. The van der Waals surface area contributed by atoms with Crippen molar-refractivity contribution in [3.63, 3.8) is 0 Å². The number of halogens is 1. The van der Waals surface area contributed by atoms with Gasteiger partial charge in [0, 0.05) is 13.1 Å². The van der Waals surface area contributed by atoms with Gasteiger partial charge in [-0.1, -0.05) is 11.6 Å². The summed E-state index contributed by atoms with van der Waals surface area (Å²) in [7, 11) is 0. The maximum atomic E-state index is 12.6. The monoisotopic (exact) mass is 367 g/mol. The molecule has 0 aliphatic carbocycles. The molecular weight excluding hydrogens is 346 g/mol. The quantitative estimate of drug-likeness (QED) is 0.765. The predicted octanol–water partition coefficient (Wildman–Crippen LogP) is 2.46. The van der Waals surface area contributed by atoms with Crippen molar-refractivity contribution in [1.29, 1.82) is 0 Å².